The van der Waals surface area contributed by atoms with Gasteiger partial charge in [-0.05, 0) is 13.3 Å². The lowest BCUT2D eigenvalue weighted by molar-refractivity contribution is -0.130. The maximum atomic E-state index is 11.9. The molecule has 9 heteroatoms. The second-order valence-electron chi connectivity index (χ2n) is 4.17. The van der Waals surface area contributed by atoms with Gasteiger partial charge in [-0.15, -0.1) is 0 Å². The minimum absolute atomic E-state index is 0.0591. The highest BCUT2D eigenvalue weighted by atomic mass is 32.1. The molecule has 0 aliphatic rings. The summed E-state index contributed by atoms with van der Waals surface area (Å²) in [6.45, 7) is 1.38. The average Bonchev–Trinajstić information content (AvgIpc) is 2.39. The van der Waals surface area contributed by atoms with E-state index in [1.165, 1.54) is 6.92 Å². The van der Waals surface area contributed by atoms with Crippen molar-refractivity contribution in [1.29, 1.82) is 0 Å². The van der Waals surface area contributed by atoms with Gasteiger partial charge < -0.3 is 21.2 Å². The number of Topliss-reactive ketones (excluding diaryl/α,β-unsaturated/α-hetero) is 1. The van der Waals surface area contributed by atoms with E-state index in [0.717, 1.165) is 0 Å². The van der Waals surface area contributed by atoms with Crippen LogP contribution < -0.4 is 16.4 Å². The van der Waals surface area contributed by atoms with Crippen molar-refractivity contribution in [3.8, 4) is 0 Å². The summed E-state index contributed by atoms with van der Waals surface area (Å²) >= 11 is 7.73. The van der Waals surface area contributed by atoms with Crippen LogP contribution in [0.2, 0.25) is 0 Å². The molecule has 4 N–H and O–H groups in total. The Kier molecular flexibility index (Phi) is 9.06. The molecule has 0 saturated heterocycles. The van der Waals surface area contributed by atoms with Gasteiger partial charge >= 0.3 is 0 Å². The first kappa shape index (κ1) is 18.8. The normalized spacial score (nSPS) is 13.2. The summed E-state index contributed by atoms with van der Waals surface area (Å²) in [6.07, 6.45) is 0.249. The molecule has 0 saturated carbocycles. The van der Waals surface area contributed by atoms with Gasteiger partial charge in [0.2, 0.25) is 17.7 Å². The fourth-order valence-electron chi connectivity index (χ4n) is 1.34. The van der Waals surface area contributed by atoms with Crippen LogP contribution in [-0.4, -0.2) is 47.1 Å². The summed E-state index contributed by atoms with van der Waals surface area (Å²) < 4.78 is 0. The van der Waals surface area contributed by atoms with Gasteiger partial charge in [-0.1, -0.05) is 0 Å². The van der Waals surface area contributed by atoms with Gasteiger partial charge in [0.1, 0.15) is 17.9 Å². The van der Waals surface area contributed by atoms with Crippen LogP contribution in [0.5, 0.6) is 0 Å². The number of ketones is 1. The van der Waals surface area contributed by atoms with Crippen LogP contribution in [0.25, 0.3) is 0 Å². The molecule has 0 aromatic rings. The number of primary amides is 1. The van der Waals surface area contributed by atoms with Crippen LogP contribution in [0.4, 0.5) is 0 Å². The van der Waals surface area contributed by atoms with Crippen LogP contribution in [-0.2, 0) is 19.2 Å². The lowest BCUT2D eigenvalue weighted by Gasteiger charge is -2.20. The molecule has 0 aliphatic carbocycles. The number of carbonyl (C=O) groups is 4. The molecule has 114 valence electrons. The quantitative estimate of drug-likeness (QED) is 0.338. The van der Waals surface area contributed by atoms with Crippen molar-refractivity contribution in [3.05, 3.63) is 0 Å². The number of rotatable bonds is 9. The first-order chi connectivity index (χ1) is 9.31. The second kappa shape index (κ2) is 9.65. The summed E-state index contributed by atoms with van der Waals surface area (Å²) in [7, 11) is 0. The van der Waals surface area contributed by atoms with Gasteiger partial charge in [0.05, 0.1) is 5.75 Å². The lowest BCUT2D eigenvalue weighted by Crippen LogP contribution is -2.54. The molecule has 0 heterocycles. The predicted octanol–water partition coefficient (Wildman–Crippen LogP) is -1.33. The Hall–Kier alpha value is -1.22. The molecule has 2 atom stereocenters. The Morgan fingerprint density at radius 1 is 1.10 bits per heavy atom. The summed E-state index contributed by atoms with van der Waals surface area (Å²) in [5.41, 5.74) is 5.16. The third-order valence-electron chi connectivity index (χ3n) is 2.42. The van der Waals surface area contributed by atoms with Gasteiger partial charge in [0.25, 0.3) is 0 Å². The number of nitrogens with two attached hydrogens (primary N) is 1. The van der Waals surface area contributed by atoms with Crippen LogP contribution >= 0.6 is 25.3 Å². The SMILES string of the molecule is CC(=O)CC[C@H](NC(=O)[C@H](CS)NC(=O)CS)C(N)=O. The molecular formula is C11H19N3O4S2. The molecule has 0 bridgehead atoms. The van der Waals surface area contributed by atoms with E-state index in [1.807, 2.05) is 0 Å². The van der Waals surface area contributed by atoms with Gasteiger partial charge in [-0.2, -0.15) is 25.3 Å². The van der Waals surface area contributed by atoms with Crippen molar-refractivity contribution < 1.29 is 19.2 Å². The number of nitrogens with one attached hydrogen (secondary N) is 2. The monoisotopic (exact) mass is 321 g/mol. The molecule has 0 aromatic carbocycles. The lowest BCUT2D eigenvalue weighted by atomic mass is 10.1. The Morgan fingerprint density at radius 2 is 1.70 bits per heavy atom. The molecule has 0 radical (unpaired) electrons. The van der Waals surface area contributed by atoms with Crippen molar-refractivity contribution in [1.82, 2.24) is 10.6 Å². The first-order valence-corrected chi connectivity index (χ1v) is 7.18. The summed E-state index contributed by atoms with van der Waals surface area (Å²) in [5.74, 6) is -1.87. The predicted molar refractivity (Wildman–Crippen MR) is 80.7 cm³/mol. The number of hydrogen-bond donors (Lipinski definition) is 5. The summed E-state index contributed by atoms with van der Waals surface area (Å²) in [4.78, 5) is 45.2. The third-order valence-corrected chi connectivity index (χ3v) is 3.08. The Balaban J connectivity index is 4.59. The molecule has 3 amide bonds. The van der Waals surface area contributed by atoms with Crippen molar-refractivity contribution in [2.24, 2.45) is 5.73 Å². The first-order valence-electron chi connectivity index (χ1n) is 5.92. The zero-order valence-electron chi connectivity index (χ0n) is 11.1. The molecule has 20 heavy (non-hydrogen) atoms. The number of hydrogen-bond acceptors (Lipinski definition) is 6. The molecule has 0 aliphatic heterocycles. The molecule has 0 rings (SSSR count). The average molecular weight is 321 g/mol. The number of amides is 3. The molecule has 0 fully saturated rings. The van der Waals surface area contributed by atoms with Crippen LogP contribution in [0.3, 0.4) is 0 Å². The minimum Gasteiger partial charge on any atom is -0.368 e. The standard InChI is InChI=1S/C11H19N3O4S2/c1-6(15)2-3-7(10(12)17)14-11(18)8(4-19)13-9(16)5-20/h7-8,19-20H,2-5H2,1H3,(H2,12,17)(H,13,16)(H,14,18)/t7-,8-/m0/s1. The highest BCUT2D eigenvalue weighted by Gasteiger charge is 2.24. The molecule has 7 nitrogen and oxygen atoms in total. The smallest absolute Gasteiger partial charge is 0.244 e. The highest BCUT2D eigenvalue weighted by molar-refractivity contribution is 7.81. The van der Waals surface area contributed by atoms with Gasteiger partial charge in [-0.3, -0.25) is 14.4 Å². The van der Waals surface area contributed by atoms with E-state index in [4.69, 9.17) is 5.73 Å². The number of carbonyl (C=O) groups excluding carboxylic acids is 4. The van der Waals surface area contributed by atoms with Crippen LogP contribution in [0.15, 0.2) is 0 Å². The fraction of sp³-hybridized carbons (Fsp3) is 0.636. The van der Waals surface area contributed by atoms with E-state index in [1.54, 1.807) is 0 Å². The zero-order chi connectivity index (χ0) is 15.7. The van der Waals surface area contributed by atoms with E-state index in [2.05, 4.69) is 35.9 Å². The zero-order valence-corrected chi connectivity index (χ0v) is 12.9. The Bertz CT molecular complexity index is 390. The summed E-state index contributed by atoms with van der Waals surface area (Å²) in [5, 5.41) is 4.80. The van der Waals surface area contributed by atoms with Crippen LogP contribution in [0.1, 0.15) is 19.8 Å². The van der Waals surface area contributed by atoms with Crippen molar-refractivity contribution >= 4 is 48.8 Å². The van der Waals surface area contributed by atoms with Gasteiger partial charge in [-0.25, -0.2) is 0 Å². The maximum Gasteiger partial charge on any atom is 0.244 e. The van der Waals surface area contributed by atoms with E-state index in [0.29, 0.717) is 0 Å². The maximum absolute atomic E-state index is 11.9. The molecule has 0 aromatic heterocycles. The largest absolute Gasteiger partial charge is 0.368 e. The highest BCUT2D eigenvalue weighted by Crippen LogP contribution is 2.00. The Morgan fingerprint density at radius 3 is 2.10 bits per heavy atom. The van der Waals surface area contributed by atoms with E-state index < -0.39 is 29.8 Å². The van der Waals surface area contributed by atoms with E-state index in [9.17, 15) is 19.2 Å². The number of thiol groups is 2. The van der Waals surface area contributed by atoms with Crippen molar-refractivity contribution in [2.75, 3.05) is 11.5 Å². The second-order valence-corrected chi connectivity index (χ2v) is 4.85. The minimum atomic E-state index is -0.957. The van der Waals surface area contributed by atoms with Gasteiger partial charge in [0, 0.05) is 12.2 Å². The molecular weight excluding hydrogens is 302 g/mol. The van der Waals surface area contributed by atoms with E-state index >= 15 is 0 Å². The molecule has 0 unspecified atom stereocenters. The Labute approximate surface area is 128 Å². The van der Waals surface area contributed by atoms with Crippen molar-refractivity contribution in [3.63, 3.8) is 0 Å². The van der Waals surface area contributed by atoms with Gasteiger partial charge in [0.15, 0.2) is 0 Å². The fourth-order valence-corrected chi connectivity index (χ4v) is 1.69. The third kappa shape index (κ3) is 7.39. The van der Waals surface area contributed by atoms with Crippen molar-refractivity contribution in [2.45, 2.75) is 31.8 Å². The van der Waals surface area contributed by atoms with Crippen LogP contribution in [0, 0.1) is 0 Å². The van der Waals surface area contributed by atoms with E-state index in [-0.39, 0.29) is 30.1 Å². The summed E-state index contributed by atoms with van der Waals surface area (Å²) in [6, 6.07) is -1.85. The molecule has 0 spiro atoms. The topological polar surface area (TPSA) is 118 Å².